The van der Waals surface area contributed by atoms with Crippen LogP contribution in [0.3, 0.4) is 0 Å². The van der Waals surface area contributed by atoms with E-state index in [1.807, 2.05) is 6.07 Å². The van der Waals surface area contributed by atoms with Crippen molar-refractivity contribution >= 4 is 11.7 Å². The topological polar surface area (TPSA) is 60.8 Å². The van der Waals surface area contributed by atoms with Gasteiger partial charge in [-0.3, -0.25) is 0 Å². The van der Waals surface area contributed by atoms with Crippen LogP contribution in [0.15, 0.2) is 54.8 Å². The highest BCUT2D eigenvalue weighted by Crippen LogP contribution is 2.26. The summed E-state index contributed by atoms with van der Waals surface area (Å²) in [5.74, 6) is -1.31. The fourth-order valence-electron chi connectivity index (χ4n) is 1.57. The Morgan fingerprint density at radius 1 is 1.19 bits per heavy atom. The van der Waals surface area contributed by atoms with Gasteiger partial charge in [0.15, 0.2) is 0 Å². The monoisotopic (exact) mass is 217 g/mol. The number of hydrogen-bond acceptors (Lipinski definition) is 3. The first-order valence-electron chi connectivity index (χ1n) is 4.81. The number of allylic oxidation sites excluding steroid dienone is 2. The van der Waals surface area contributed by atoms with Crippen LogP contribution in [0.2, 0.25) is 0 Å². The number of nitrogens with zero attached hydrogens (tertiary/aromatic N) is 1. The first-order valence-corrected chi connectivity index (χ1v) is 4.81. The fraction of sp³-hybridized carbons (Fsp3) is 0.0833. The Balaban J connectivity index is 2.44. The Hall–Kier alpha value is -2.07. The van der Waals surface area contributed by atoms with Gasteiger partial charge in [0.05, 0.1) is 0 Å². The van der Waals surface area contributed by atoms with E-state index < -0.39 is 11.7 Å². The van der Waals surface area contributed by atoms with E-state index >= 15 is 0 Å². The Kier molecular flexibility index (Phi) is 2.50. The van der Waals surface area contributed by atoms with Crippen LogP contribution in [-0.2, 0) is 4.79 Å². The predicted molar refractivity (Wildman–Crippen MR) is 59.8 cm³/mol. The van der Waals surface area contributed by atoms with Gasteiger partial charge in [-0.25, -0.2) is 4.79 Å². The highest BCUT2D eigenvalue weighted by molar-refractivity contribution is 5.85. The Labute approximate surface area is 92.7 Å². The molecule has 2 N–H and O–H groups in total. The van der Waals surface area contributed by atoms with Gasteiger partial charge in [-0.15, -0.1) is 0 Å². The standard InChI is InChI=1S/C12H11NO3/c14-11(15)12(16)8-4-5-9-13(12)10-6-2-1-3-7-10/h1-9,16H,(H,14,15). The third-order valence-electron chi connectivity index (χ3n) is 2.39. The molecule has 1 aromatic carbocycles. The van der Waals surface area contributed by atoms with Crippen LogP contribution >= 0.6 is 0 Å². The zero-order valence-corrected chi connectivity index (χ0v) is 8.45. The maximum Gasteiger partial charge on any atom is 0.362 e. The van der Waals surface area contributed by atoms with E-state index in [9.17, 15) is 9.90 Å². The van der Waals surface area contributed by atoms with Crippen molar-refractivity contribution in [1.82, 2.24) is 0 Å². The number of carboxylic acids is 1. The summed E-state index contributed by atoms with van der Waals surface area (Å²) in [5.41, 5.74) is -1.40. The number of anilines is 1. The highest BCUT2D eigenvalue weighted by Gasteiger charge is 2.40. The molecule has 4 nitrogen and oxygen atoms in total. The van der Waals surface area contributed by atoms with E-state index in [1.54, 1.807) is 30.3 Å². The molecular weight excluding hydrogens is 206 g/mol. The smallest absolute Gasteiger partial charge is 0.362 e. The average molecular weight is 217 g/mol. The zero-order chi connectivity index (χ0) is 11.6. The highest BCUT2D eigenvalue weighted by atomic mass is 16.4. The molecule has 0 saturated heterocycles. The predicted octanol–water partition coefficient (Wildman–Crippen LogP) is 1.35. The van der Waals surface area contributed by atoms with Crippen LogP contribution < -0.4 is 4.90 Å². The van der Waals surface area contributed by atoms with Gasteiger partial charge in [0.25, 0.3) is 5.72 Å². The number of carboxylic acid groups (broad SMARTS) is 1. The molecule has 1 aliphatic rings. The van der Waals surface area contributed by atoms with Gasteiger partial charge in [0.1, 0.15) is 0 Å². The molecule has 0 fully saturated rings. The molecule has 1 aromatic rings. The van der Waals surface area contributed by atoms with Crippen molar-refractivity contribution in [3.8, 4) is 0 Å². The maximum atomic E-state index is 11.1. The molecule has 82 valence electrons. The van der Waals surface area contributed by atoms with Crippen molar-refractivity contribution in [2.75, 3.05) is 4.90 Å². The lowest BCUT2D eigenvalue weighted by Gasteiger charge is -2.34. The second kappa shape index (κ2) is 3.83. The summed E-state index contributed by atoms with van der Waals surface area (Å²) in [6.45, 7) is 0. The van der Waals surface area contributed by atoms with Crippen LogP contribution in [-0.4, -0.2) is 21.9 Å². The quantitative estimate of drug-likeness (QED) is 0.785. The van der Waals surface area contributed by atoms with Crippen molar-refractivity contribution < 1.29 is 15.0 Å². The van der Waals surface area contributed by atoms with Crippen LogP contribution in [0, 0.1) is 0 Å². The molecule has 0 amide bonds. The summed E-state index contributed by atoms with van der Waals surface area (Å²) in [4.78, 5) is 12.4. The number of hydrogen-bond donors (Lipinski definition) is 2. The summed E-state index contributed by atoms with van der Waals surface area (Å²) >= 11 is 0. The molecule has 1 aliphatic heterocycles. The van der Waals surface area contributed by atoms with E-state index in [4.69, 9.17) is 5.11 Å². The van der Waals surface area contributed by atoms with E-state index in [1.165, 1.54) is 23.3 Å². The van der Waals surface area contributed by atoms with Gasteiger partial charge in [0, 0.05) is 11.9 Å². The Bertz CT molecular complexity index is 453. The van der Waals surface area contributed by atoms with E-state index in [0.717, 1.165) is 0 Å². The van der Waals surface area contributed by atoms with Crippen LogP contribution in [0.5, 0.6) is 0 Å². The molecule has 1 atom stereocenters. The maximum absolute atomic E-state index is 11.1. The molecule has 4 heteroatoms. The van der Waals surface area contributed by atoms with E-state index in [2.05, 4.69) is 0 Å². The minimum absolute atomic E-state index is 0.619. The van der Waals surface area contributed by atoms with E-state index in [-0.39, 0.29) is 0 Å². The summed E-state index contributed by atoms with van der Waals surface area (Å²) in [6, 6.07) is 8.86. The molecule has 0 bridgehead atoms. The summed E-state index contributed by atoms with van der Waals surface area (Å²) in [5, 5.41) is 19.1. The number of rotatable bonds is 2. The number of aliphatic carboxylic acids is 1. The van der Waals surface area contributed by atoms with Crippen LogP contribution in [0.25, 0.3) is 0 Å². The average Bonchev–Trinajstić information content (AvgIpc) is 2.30. The second-order valence-corrected chi connectivity index (χ2v) is 3.44. The fourth-order valence-corrected chi connectivity index (χ4v) is 1.57. The van der Waals surface area contributed by atoms with E-state index in [0.29, 0.717) is 5.69 Å². The van der Waals surface area contributed by atoms with Crippen LogP contribution in [0.4, 0.5) is 5.69 Å². The third kappa shape index (κ3) is 1.59. The third-order valence-corrected chi connectivity index (χ3v) is 2.39. The van der Waals surface area contributed by atoms with Crippen molar-refractivity contribution in [2.24, 2.45) is 0 Å². The first kappa shape index (κ1) is 10.4. The molecule has 1 unspecified atom stereocenters. The van der Waals surface area contributed by atoms with Gasteiger partial charge < -0.3 is 15.1 Å². The normalized spacial score (nSPS) is 23.4. The van der Waals surface area contributed by atoms with Gasteiger partial charge in [-0.2, -0.15) is 0 Å². The lowest BCUT2D eigenvalue weighted by atomic mass is 10.1. The van der Waals surface area contributed by atoms with Crippen molar-refractivity contribution in [3.63, 3.8) is 0 Å². The molecule has 0 aliphatic carbocycles. The summed E-state index contributed by atoms with van der Waals surface area (Å²) < 4.78 is 0. The first-order chi connectivity index (χ1) is 7.64. The molecule has 16 heavy (non-hydrogen) atoms. The molecule has 0 aromatic heterocycles. The van der Waals surface area contributed by atoms with Gasteiger partial charge in [-0.1, -0.05) is 24.3 Å². The van der Waals surface area contributed by atoms with Gasteiger partial charge in [-0.05, 0) is 24.3 Å². The van der Waals surface area contributed by atoms with Crippen LogP contribution in [0.1, 0.15) is 0 Å². The summed E-state index contributed by atoms with van der Waals surface area (Å²) in [6.07, 6.45) is 5.95. The molecule has 1 heterocycles. The largest absolute Gasteiger partial charge is 0.477 e. The zero-order valence-electron chi connectivity index (χ0n) is 8.45. The summed E-state index contributed by atoms with van der Waals surface area (Å²) in [7, 11) is 0. The van der Waals surface area contributed by atoms with Crippen molar-refractivity contribution in [1.29, 1.82) is 0 Å². The minimum Gasteiger partial charge on any atom is -0.477 e. The van der Waals surface area contributed by atoms with Gasteiger partial charge >= 0.3 is 5.97 Å². The number of para-hydroxylation sites is 1. The Morgan fingerprint density at radius 2 is 1.88 bits per heavy atom. The minimum atomic E-state index is -2.02. The molecule has 2 rings (SSSR count). The second-order valence-electron chi connectivity index (χ2n) is 3.44. The molecule has 0 spiro atoms. The lowest BCUT2D eigenvalue weighted by molar-refractivity contribution is -0.152. The van der Waals surface area contributed by atoms with Crippen molar-refractivity contribution in [3.05, 3.63) is 54.8 Å². The molecule has 0 radical (unpaired) electrons. The number of carbonyl (C=O) groups is 1. The molecular formula is C12H11NO3. The molecule has 0 saturated carbocycles. The SMILES string of the molecule is O=C(O)C1(O)C=CC=CN1c1ccccc1. The van der Waals surface area contributed by atoms with Crippen molar-refractivity contribution in [2.45, 2.75) is 5.72 Å². The Morgan fingerprint density at radius 3 is 2.50 bits per heavy atom. The number of aliphatic hydroxyl groups is 1. The van der Waals surface area contributed by atoms with Gasteiger partial charge in [0.2, 0.25) is 0 Å². The lowest BCUT2D eigenvalue weighted by Crippen LogP contribution is -2.52. The number of benzene rings is 1.